The number of nitro groups is 1. The lowest BCUT2D eigenvalue weighted by atomic mass is 10.2. The maximum atomic E-state index is 10.6. The van der Waals surface area contributed by atoms with Crippen LogP contribution in [0.15, 0.2) is 12.1 Å². The second kappa shape index (κ2) is 2.62. The molecule has 0 aliphatic carbocycles. The summed E-state index contributed by atoms with van der Waals surface area (Å²) in [6, 6.07) is 3.18. The van der Waals surface area contributed by atoms with Crippen molar-refractivity contribution >= 4 is 5.69 Å². The zero-order valence-corrected chi connectivity index (χ0v) is 6.94. The largest absolute Gasteiger partial charge is 0.453 e. The van der Waals surface area contributed by atoms with Crippen molar-refractivity contribution in [2.24, 2.45) is 0 Å². The Balaban J connectivity index is 2.62. The van der Waals surface area contributed by atoms with Crippen LogP contribution in [0.4, 0.5) is 5.69 Å². The summed E-state index contributed by atoms with van der Waals surface area (Å²) in [7, 11) is 0. The van der Waals surface area contributed by atoms with Gasteiger partial charge in [-0.2, -0.15) is 0 Å². The van der Waals surface area contributed by atoms with Gasteiger partial charge in [0.05, 0.1) is 4.92 Å². The van der Waals surface area contributed by atoms with Crippen LogP contribution in [0, 0.1) is 17.0 Å². The summed E-state index contributed by atoms with van der Waals surface area (Å²) >= 11 is 0. The van der Waals surface area contributed by atoms with Crippen LogP contribution in [0.25, 0.3) is 0 Å². The summed E-state index contributed by atoms with van der Waals surface area (Å²) in [6.07, 6.45) is 0. The Bertz CT molecular complexity index is 375. The smallest absolute Gasteiger partial charge is 0.315 e. The van der Waals surface area contributed by atoms with Crippen LogP contribution in [0.3, 0.4) is 0 Å². The van der Waals surface area contributed by atoms with Gasteiger partial charge in [-0.25, -0.2) is 0 Å². The van der Waals surface area contributed by atoms with E-state index in [9.17, 15) is 10.1 Å². The van der Waals surface area contributed by atoms with Gasteiger partial charge in [0.2, 0.25) is 12.5 Å². The summed E-state index contributed by atoms with van der Waals surface area (Å²) < 4.78 is 10.0. The minimum absolute atomic E-state index is 0.0347. The van der Waals surface area contributed by atoms with Gasteiger partial charge in [0.1, 0.15) is 0 Å². The van der Waals surface area contributed by atoms with Gasteiger partial charge in [0, 0.05) is 6.07 Å². The molecule has 1 aliphatic heterocycles. The Morgan fingerprint density at radius 2 is 2.23 bits per heavy atom. The fraction of sp³-hybridized carbons (Fsp3) is 0.250. The minimum atomic E-state index is -0.472. The Hall–Kier alpha value is -1.78. The van der Waals surface area contributed by atoms with Crippen LogP contribution >= 0.6 is 0 Å². The average molecular weight is 181 g/mol. The van der Waals surface area contributed by atoms with E-state index in [1.165, 1.54) is 6.07 Å². The molecular weight excluding hydrogens is 174 g/mol. The third kappa shape index (κ3) is 1.18. The van der Waals surface area contributed by atoms with Crippen molar-refractivity contribution in [2.45, 2.75) is 6.92 Å². The van der Waals surface area contributed by atoms with E-state index in [1.807, 2.05) is 0 Å². The van der Waals surface area contributed by atoms with E-state index in [1.54, 1.807) is 13.0 Å². The topological polar surface area (TPSA) is 61.6 Å². The molecule has 1 heterocycles. The molecule has 1 aliphatic rings. The molecule has 0 N–H and O–H groups in total. The van der Waals surface area contributed by atoms with E-state index in [0.29, 0.717) is 5.75 Å². The fourth-order valence-electron chi connectivity index (χ4n) is 1.26. The SMILES string of the molecule is Cc1cc2c(c([N+](=O)[O-])c1)OCO2. The van der Waals surface area contributed by atoms with Crippen LogP contribution in [0.2, 0.25) is 0 Å². The standard InChI is InChI=1S/C8H7NO4/c1-5-2-6(9(10)11)8-7(3-5)12-4-13-8/h2-3H,4H2,1H3. The second-order valence-corrected chi connectivity index (χ2v) is 2.77. The maximum Gasteiger partial charge on any atom is 0.315 e. The molecule has 0 saturated heterocycles. The lowest BCUT2D eigenvalue weighted by Crippen LogP contribution is -1.94. The van der Waals surface area contributed by atoms with Gasteiger partial charge in [0.15, 0.2) is 5.75 Å². The molecule has 68 valence electrons. The highest BCUT2D eigenvalue weighted by atomic mass is 16.7. The molecule has 1 aromatic carbocycles. The number of hydrogen-bond acceptors (Lipinski definition) is 4. The van der Waals surface area contributed by atoms with Gasteiger partial charge in [-0.3, -0.25) is 10.1 Å². The molecule has 0 saturated carbocycles. The average Bonchev–Trinajstić information content (AvgIpc) is 2.49. The molecule has 0 spiro atoms. The van der Waals surface area contributed by atoms with Crippen molar-refractivity contribution in [1.82, 2.24) is 0 Å². The quantitative estimate of drug-likeness (QED) is 0.488. The van der Waals surface area contributed by atoms with Gasteiger partial charge in [-0.05, 0) is 18.6 Å². The summed E-state index contributed by atoms with van der Waals surface area (Å²) in [5, 5.41) is 10.6. The van der Waals surface area contributed by atoms with E-state index in [0.717, 1.165) is 5.56 Å². The first-order valence-electron chi connectivity index (χ1n) is 3.73. The van der Waals surface area contributed by atoms with Crippen LogP contribution < -0.4 is 9.47 Å². The van der Waals surface area contributed by atoms with Gasteiger partial charge in [-0.1, -0.05) is 0 Å². The molecule has 0 amide bonds. The number of hydrogen-bond donors (Lipinski definition) is 0. The number of nitrogens with zero attached hydrogens (tertiary/aromatic N) is 1. The van der Waals surface area contributed by atoms with E-state index < -0.39 is 4.92 Å². The van der Waals surface area contributed by atoms with Crippen LogP contribution in [-0.2, 0) is 0 Å². The third-order valence-electron chi connectivity index (χ3n) is 1.79. The van der Waals surface area contributed by atoms with Gasteiger partial charge >= 0.3 is 5.69 Å². The van der Waals surface area contributed by atoms with Crippen molar-refractivity contribution < 1.29 is 14.4 Å². The number of benzene rings is 1. The van der Waals surface area contributed by atoms with Crippen molar-refractivity contribution in [3.8, 4) is 11.5 Å². The molecule has 0 bridgehead atoms. The molecule has 2 rings (SSSR count). The molecule has 0 atom stereocenters. The number of ether oxygens (including phenoxy) is 2. The summed E-state index contributed by atoms with van der Waals surface area (Å²) in [5.41, 5.74) is 0.753. The number of nitro benzene ring substituents is 1. The molecule has 0 unspecified atom stereocenters. The number of fused-ring (bicyclic) bond motifs is 1. The summed E-state index contributed by atoms with van der Waals surface area (Å²) in [4.78, 5) is 10.1. The zero-order valence-electron chi connectivity index (χ0n) is 6.94. The van der Waals surface area contributed by atoms with Gasteiger partial charge < -0.3 is 9.47 Å². The van der Waals surface area contributed by atoms with Gasteiger partial charge in [-0.15, -0.1) is 0 Å². The first-order chi connectivity index (χ1) is 6.18. The molecule has 0 radical (unpaired) electrons. The van der Waals surface area contributed by atoms with Crippen LogP contribution in [0.1, 0.15) is 5.56 Å². The normalized spacial score (nSPS) is 13.0. The molecule has 0 aromatic heterocycles. The Kier molecular flexibility index (Phi) is 1.58. The summed E-state index contributed by atoms with van der Waals surface area (Å²) in [6.45, 7) is 1.83. The predicted octanol–water partition coefficient (Wildman–Crippen LogP) is 1.63. The minimum Gasteiger partial charge on any atom is -0.453 e. The molecule has 0 fully saturated rings. The molecule has 5 nitrogen and oxygen atoms in total. The molecular formula is C8H7NO4. The molecule has 1 aromatic rings. The molecule has 13 heavy (non-hydrogen) atoms. The summed E-state index contributed by atoms with van der Waals surface area (Å²) in [5.74, 6) is 0.683. The lowest BCUT2D eigenvalue weighted by molar-refractivity contribution is -0.385. The highest BCUT2D eigenvalue weighted by Gasteiger charge is 2.25. The first-order valence-corrected chi connectivity index (χ1v) is 3.73. The zero-order chi connectivity index (χ0) is 9.42. The Labute approximate surface area is 74.0 Å². The maximum absolute atomic E-state index is 10.6. The van der Waals surface area contributed by atoms with Crippen molar-refractivity contribution in [3.05, 3.63) is 27.8 Å². The van der Waals surface area contributed by atoms with Crippen LogP contribution in [0.5, 0.6) is 11.5 Å². The Morgan fingerprint density at radius 1 is 1.46 bits per heavy atom. The third-order valence-corrected chi connectivity index (χ3v) is 1.79. The monoisotopic (exact) mass is 181 g/mol. The van der Waals surface area contributed by atoms with Gasteiger partial charge in [0.25, 0.3) is 0 Å². The van der Waals surface area contributed by atoms with Crippen molar-refractivity contribution in [2.75, 3.05) is 6.79 Å². The fourth-order valence-corrected chi connectivity index (χ4v) is 1.26. The Morgan fingerprint density at radius 3 is 2.92 bits per heavy atom. The predicted molar refractivity (Wildman–Crippen MR) is 44.0 cm³/mol. The van der Waals surface area contributed by atoms with Crippen molar-refractivity contribution in [1.29, 1.82) is 0 Å². The van der Waals surface area contributed by atoms with E-state index in [4.69, 9.17) is 9.47 Å². The highest BCUT2D eigenvalue weighted by molar-refractivity contribution is 5.58. The second-order valence-electron chi connectivity index (χ2n) is 2.77. The molecule has 5 heteroatoms. The lowest BCUT2D eigenvalue weighted by Gasteiger charge is -1.98. The van der Waals surface area contributed by atoms with Crippen molar-refractivity contribution in [3.63, 3.8) is 0 Å². The number of rotatable bonds is 1. The highest BCUT2D eigenvalue weighted by Crippen LogP contribution is 2.41. The van der Waals surface area contributed by atoms with E-state index in [-0.39, 0.29) is 18.2 Å². The number of aryl methyl sites for hydroxylation is 1. The van der Waals surface area contributed by atoms with E-state index >= 15 is 0 Å². The van der Waals surface area contributed by atoms with Crippen LogP contribution in [-0.4, -0.2) is 11.7 Å². The first kappa shape index (κ1) is 7.85. The van der Waals surface area contributed by atoms with E-state index in [2.05, 4.69) is 0 Å².